The summed E-state index contributed by atoms with van der Waals surface area (Å²) in [6.45, 7) is 5.19. The Morgan fingerprint density at radius 2 is 2.06 bits per heavy atom. The van der Waals surface area contributed by atoms with Gasteiger partial charge >= 0.3 is 0 Å². The van der Waals surface area contributed by atoms with Gasteiger partial charge in [-0.15, -0.1) is 0 Å². The molecule has 1 aromatic carbocycles. The zero-order valence-electron chi connectivity index (χ0n) is 11.1. The summed E-state index contributed by atoms with van der Waals surface area (Å²) >= 11 is 0. The highest BCUT2D eigenvalue weighted by Crippen LogP contribution is 2.47. The maximum Gasteiger partial charge on any atom is 0.0346 e. The Morgan fingerprint density at radius 3 is 2.67 bits per heavy atom. The van der Waals surface area contributed by atoms with Crippen molar-refractivity contribution in [2.24, 2.45) is 5.73 Å². The first-order chi connectivity index (χ1) is 8.66. The topological polar surface area (TPSA) is 38.9 Å². The van der Waals surface area contributed by atoms with Gasteiger partial charge in [-0.25, -0.2) is 0 Å². The predicted molar refractivity (Wildman–Crippen MR) is 75.8 cm³/mol. The van der Waals surface area contributed by atoms with Crippen LogP contribution < -0.4 is 5.73 Å². The summed E-state index contributed by atoms with van der Waals surface area (Å²) in [5, 5.41) is 2.58. The fraction of sp³-hybridized carbons (Fsp3) is 0.438. The number of pyridine rings is 1. The lowest BCUT2D eigenvalue weighted by Gasteiger charge is -2.15. The summed E-state index contributed by atoms with van der Waals surface area (Å²) in [6, 6.07) is 6.79. The molecule has 0 radical (unpaired) electrons. The van der Waals surface area contributed by atoms with Gasteiger partial charge in [0.1, 0.15) is 0 Å². The molecule has 1 fully saturated rings. The fourth-order valence-corrected chi connectivity index (χ4v) is 2.75. The Bertz CT molecular complexity index is 583. The van der Waals surface area contributed by atoms with E-state index in [1.165, 1.54) is 34.7 Å². The highest BCUT2D eigenvalue weighted by Gasteiger charge is 2.42. The number of hydrogen-bond acceptors (Lipinski definition) is 2. The third kappa shape index (κ3) is 1.72. The van der Waals surface area contributed by atoms with E-state index >= 15 is 0 Å². The van der Waals surface area contributed by atoms with Gasteiger partial charge in [0.25, 0.3) is 0 Å². The SMILES string of the molecule is CC(C)c1cncc2cc(C3(CN)CC3)ccc12. The van der Waals surface area contributed by atoms with Crippen LogP contribution in [0.15, 0.2) is 30.6 Å². The van der Waals surface area contributed by atoms with Gasteiger partial charge < -0.3 is 5.73 Å². The van der Waals surface area contributed by atoms with Crippen LogP contribution in [0.25, 0.3) is 10.8 Å². The summed E-state index contributed by atoms with van der Waals surface area (Å²) in [5.41, 5.74) is 8.89. The van der Waals surface area contributed by atoms with Crippen LogP contribution >= 0.6 is 0 Å². The molecule has 0 spiro atoms. The summed E-state index contributed by atoms with van der Waals surface area (Å²) < 4.78 is 0. The van der Waals surface area contributed by atoms with Crippen molar-refractivity contribution in [3.8, 4) is 0 Å². The number of aromatic nitrogens is 1. The highest BCUT2D eigenvalue weighted by molar-refractivity contribution is 5.86. The fourth-order valence-electron chi connectivity index (χ4n) is 2.75. The van der Waals surface area contributed by atoms with E-state index in [1.807, 2.05) is 12.4 Å². The molecule has 0 bridgehead atoms. The van der Waals surface area contributed by atoms with Crippen LogP contribution in [0.4, 0.5) is 0 Å². The van der Waals surface area contributed by atoms with Crippen molar-refractivity contribution < 1.29 is 0 Å². The lowest BCUT2D eigenvalue weighted by atomic mass is 9.91. The van der Waals surface area contributed by atoms with Gasteiger partial charge in [-0.05, 0) is 41.3 Å². The van der Waals surface area contributed by atoms with Gasteiger partial charge in [0.05, 0.1) is 0 Å². The number of nitrogens with two attached hydrogens (primary N) is 1. The zero-order valence-corrected chi connectivity index (χ0v) is 11.1. The molecule has 0 saturated heterocycles. The molecular weight excluding hydrogens is 220 g/mol. The standard InChI is InChI=1S/C16H20N2/c1-11(2)15-9-18-8-12-7-13(3-4-14(12)15)16(10-17)5-6-16/h3-4,7-9,11H,5-6,10,17H2,1-2H3. The van der Waals surface area contributed by atoms with Gasteiger partial charge in [-0.3, -0.25) is 4.98 Å². The van der Waals surface area contributed by atoms with E-state index < -0.39 is 0 Å². The third-order valence-electron chi connectivity index (χ3n) is 4.27. The first-order valence-corrected chi connectivity index (χ1v) is 6.74. The van der Waals surface area contributed by atoms with E-state index in [1.54, 1.807) is 0 Å². The van der Waals surface area contributed by atoms with Crippen LogP contribution in [0.3, 0.4) is 0 Å². The summed E-state index contributed by atoms with van der Waals surface area (Å²) in [7, 11) is 0. The number of nitrogens with zero attached hydrogens (tertiary/aromatic N) is 1. The van der Waals surface area contributed by atoms with Gasteiger partial charge in [0.15, 0.2) is 0 Å². The largest absolute Gasteiger partial charge is 0.330 e. The van der Waals surface area contributed by atoms with Crippen molar-refractivity contribution in [3.63, 3.8) is 0 Å². The number of fused-ring (bicyclic) bond motifs is 1. The molecule has 0 aliphatic heterocycles. The maximum absolute atomic E-state index is 5.91. The Hall–Kier alpha value is -1.41. The van der Waals surface area contributed by atoms with Crippen LogP contribution in [0.1, 0.15) is 43.7 Å². The molecule has 2 nitrogen and oxygen atoms in total. The van der Waals surface area contributed by atoms with Crippen molar-refractivity contribution in [1.82, 2.24) is 4.98 Å². The van der Waals surface area contributed by atoms with Crippen molar-refractivity contribution in [3.05, 3.63) is 41.7 Å². The van der Waals surface area contributed by atoms with E-state index in [0.29, 0.717) is 5.92 Å². The first-order valence-electron chi connectivity index (χ1n) is 6.74. The lowest BCUT2D eigenvalue weighted by molar-refractivity contribution is 0.706. The minimum absolute atomic E-state index is 0.266. The molecule has 2 aromatic rings. The molecule has 0 atom stereocenters. The molecule has 1 saturated carbocycles. The number of hydrogen-bond donors (Lipinski definition) is 1. The zero-order chi connectivity index (χ0) is 12.8. The van der Waals surface area contributed by atoms with Crippen molar-refractivity contribution in [1.29, 1.82) is 0 Å². The molecule has 1 heterocycles. The van der Waals surface area contributed by atoms with Crippen molar-refractivity contribution >= 4 is 10.8 Å². The Labute approximate surface area is 108 Å². The number of benzene rings is 1. The van der Waals surface area contributed by atoms with Gasteiger partial charge in [-0.1, -0.05) is 26.0 Å². The average molecular weight is 240 g/mol. The molecule has 94 valence electrons. The Kier molecular flexibility index (Phi) is 2.63. The molecule has 2 heteroatoms. The molecule has 0 unspecified atom stereocenters. The van der Waals surface area contributed by atoms with Crippen LogP contribution in [0, 0.1) is 0 Å². The van der Waals surface area contributed by atoms with Crippen LogP contribution in [0.2, 0.25) is 0 Å². The van der Waals surface area contributed by atoms with Crippen LogP contribution in [-0.2, 0) is 5.41 Å². The average Bonchev–Trinajstić information content (AvgIpc) is 3.18. The quantitative estimate of drug-likeness (QED) is 0.893. The molecule has 1 aromatic heterocycles. The minimum Gasteiger partial charge on any atom is -0.330 e. The smallest absolute Gasteiger partial charge is 0.0346 e. The van der Waals surface area contributed by atoms with E-state index in [2.05, 4.69) is 37.0 Å². The second kappa shape index (κ2) is 4.06. The molecule has 2 N–H and O–H groups in total. The molecule has 0 amide bonds. The molecular formula is C16H20N2. The first kappa shape index (κ1) is 11.7. The van der Waals surface area contributed by atoms with Crippen LogP contribution in [0.5, 0.6) is 0 Å². The number of rotatable bonds is 3. The van der Waals surface area contributed by atoms with Crippen molar-refractivity contribution in [2.75, 3.05) is 6.54 Å². The van der Waals surface area contributed by atoms with Crippen molar-refractivity contribution in [2.45, 2.75) is 38.0 Å². The summed E-state index contributed by atoms with van der Waals surface area (Å²) in [5.74, 6) is 0.511. The predicted octanol–water partition coefficient (Wildman–Crippen LogP) is 3.35. The van der Waals surface area contributed by atoms with E-state index in [4.69, 9.17) is 5.73 Å². The monoisotopic (exact) mass is 240 g/mol. The molecule has 3 rings (SSSR count). The van der Waals surface area contributed by atoms with Gasteiger partial charge in [-0.2, -0.15) is 0 Å². The molecule has 1 aliphatic rings. The molecule has 1 aliphatic carbocycles. The molecule has 18 heavy (non-hydrogen) atoms. The van der Waals surface area contributed by atoms with E-state index in [0.717, 1.165) is 6.54 Å². The Balaban J connectivity index is 2.14. The Morgan fingerprint density at radius 1 is 1.28 bits per heavy atom. The summed E-state index contributed by atoms with van der Waals surface area (Å²) in [4.78, 5) is 4.37. The lowest BCUT2D eigenvalue weighted by Crippen LogP contribution is -2.19. The second-order valence-electron chi connectivity index (χ2n) is 5.80. The van der Waals surface area contributed by atoms with Gasteiger partial charge in [0.2, 0.25) is 0 Å². The van der Waals surface area contributed by atoms with E-state index in [-0.39, 0.29) is 5.41 Å². The van der Waals surface area contributed by atoms with Gasteiger partial charge in [0, 0.05) is 29.7 Å². The maximum atomic E-state index is 5.91. The third-order valence-corrected chi connectivity index (χ3v) is 4.27. The second-order valence-corrected chi connectivity index (χ2v) is 5.80. The minimum atomic E-state index is 0.266. The summed E-state index contributed by atoms with van der Waals surface area (Å²) in [6.07, 6.45) is 6.42. The highest BCUT2D eigenvalue weighted by atomic mass is 14.7. The normalized spacial score (nSPS) is 17.3. The van der Waals surface area contributed by atoms with E-state index in [9.17, 15) is 0 Å². The van der Waals surface area contributed by atoms with Crippen LogP contribution in [-0.4, -0.2) is 11.5 Å².